The highest BCUT2D eigenvalue weighted by molar-refractivity contribution is 4.73. The first-order chi connectivity index (χ1) is 8.22. The van der Waals surface area contributed by atoms with E-state index in [1.807, 2.05) is 0 Å². The van der Waals surface area contributed by atoms with E-state index in [1.54, 1.807) is 0 Å². The monoisotopic (exact) mass is 243 g/mol. The molecule has 0 radical (unpaired) electrons. The lowest BCUT2D eigenvalue weighted by molar-refractivity contribution is -0.101. The summed E-state index contributed by atoms with van der Waals surface area (Å²) < 4.78 is 11.6. The summed E-state index contributed by atoms with van der Waals surface area (Å²) in [6.45, 7) is 9.43. The van der Waals surface area contributed by atoms with Crippen LogP contribution in [0.4, 0.5) is 0 Å². The van der Waals surface area contributed by atoms with Gasteiger partial charge in [0.15, 0.2) is 0 Å². The van der Waals surface area contributed by atoms with Gasteiger partial charge in [-0.25, -0.2) is 0 Å². The third-order valence-electron chi connectivity index (χ3n) is 3.24. The molecule has 0 aliphatic carbocycles. The lowest BCUT2D eigenvalue weighted by atomic mass is 10.0. The fourth-order valence-electron chi connectivity index (χ4n) is 2.40. The summed E-state index contributed by atoms with van der Waals surface area (Å²) in [5, 5.41) is 3.43. The van der Waals surface area contributed by atoms with Crippen LogP contribution < -0.4 is 5.32 Å². The van der Waals surface area contributed by atoms with Crippen LogP contribution in [0.25, 0.3) is 0 Å². The van der Waals surface area contributed by atoms with Gasteiger partial charge in [-0.1, -0.05) is 19.8 Å². The lowest BCUT2D eigenvalue weighted by Crippen LogP contribution is -2.35. The molecule has 1 rings (SSSR count). The standard InChI is InChI=1S/C14H29NO2/c1-4-5-6-7-15-8-9-16-14-10-12(2)17-13(3)11-14/h12-15H,4-11H2,1-3H3. The Morgan fingerprint density at radius 1 is 1.12 bits per heavy atom. The smallest absolute Gasteiger partial charge is 0.0625 e. The minimum Gasteiger partial charge on any atom is -0.377 e. The van der Waals surface area contributed by atoms with Gasteiger partial charge in [-0.2, -0.15) is 0 Å². The molecule has 0 saturated carbocycles. The number of hydrogen-bond donors (Lipinski definition) is 1. The topological polar surface area (TPSA) is 30.5 Å². The first-order valence-corrected chi connectivity index (χ1v) is 7.20. The maximum absolute atomic E-state index is 5.89. The molecule has 1 aliphatic heterocycles. The molecule has 102 valence electrons. The fraction of sp³-hybridized carbons (Fsp3) is 1.00. The number of nitrogens with one attached hydrogen (secondary N) is 1. The average Bonchev–Trinajstić information content (AvgIpc) is 2.26. The predicted molar refractivity (Wildman–Crippen MR) is 71.4 cm³/mol. The molecule has 0 aromatic heterocycles. The van der Waals surface area contributed by atoms with Gasteiger partial charge >= 0.3 is 0 Å². The highest BCUT2D eigenvalue weighted by atomic mass is 16.5. The molecule has 3 heteroatoms. The second-order valence-corrected chi connectivity index (χ2v) is 5.18. The molecule has 0 amide bonds. The molecule has 1 N–H and O–H groups in total. The van der Waals surface area contributed by atoms with E-state index >= 15 is 0 Å². The van der Waals surface area contributed by atoms with Gasteiger partial charge in [-0.15, -0.1) is 0 Å². The molecule has 0 bridgehead atoms. The summed E-state index contributed by atoms with van der Waals surface area (Å²) in [7, 11) is 0. The Morgan fingerprint density at radius 2 is 1.82 bits per heavy atom. The van der Waals surface area contributed by atoms with Crippen LogP contribution in [0.1, 0.15) is 52.9 Å². The number of hydrogen-bond acceptors (Lipinski definition) is 3. The van der Waals surface area contributed by atoms with Crippen LogP contribution in [0.5, 0.6) is 0 Å². The molecule has 0 aromatic carbocycles. The van der Waals surface area contributed by atoms with E-state index in [4.69, 9.17) is 9.47 Å². The van der Waals surface area contributed by atoms with Crippen molar-refractivity contribution in [1.29, 1.82) is 0 Å². The van der Waals surface area contributed by atoms with Crippen molar-refractivity contribution in [3.63, 3.8) is 0 Å². The van der Waals surface area contributed by atoms with Crippen LogP contribution in [0.15, 0.2) is 0 Å². The van der Waals surface area contributed by atoms with Gasteiger partial charge in [0, 0.05) is 6.54 Å². The first kappa shape index (κ1) is 14.9. The van der Waals surface area contributed by atoms with E-state index < -0.39 is 0 Å². The Labute approximate surface area is 106 Å². The van der Waals surface area contributed by atoms with E-state index in [0.717, 1.165) is 32.5 Å². The zero-order valence-electron chi connectivity index (χ0n) is 11.7. The van der Waals surface area contributed by atoms with Gasteiger partial charge in [0.25, 0.3) is 0 Å². The molecular formula is C14H29NO2. The summed E-state index contributed by atoms with van der Waals surface area (Å²) >= 11 is 0. The molecule has 1 heterocycles. The van der Waals surface area contributed by atoms with Crippen LogP contribution in [0.3, 0.4) is 0 Å². The molecule has 3 nitrogen and oxygen atoms in total. The maximum atomic E-state index is 5.89. The summed E-state index contributed by atoms with van der Waals surface area (Å²) in [6.07, 6.45) is 7.06. The Kier molecular flexibility index (Phi) is 7.82. The van der Waals surface area contributed by atoms with Crippen molar-refractivity contribution in [3.8, 4) is 0 Å². The van der Waals surface area contributed by atoms with Crippen molar-refractivity contribution in [2.75, 3.05) is 19.7 Å². The maximum Gasteiger partial charge on any atom is 0.0625 e. The van der Waals surface area contributed by atoms with Crippen LogP contribution >= 0.6 is 0 Å². The fourth-order valence-corrected chi connectivity index (χ4v) is 2.40. The van der Waals surface area contributed by atoms with E-state index in [0.29, 0.717) is 18.3 Å². The highest BCUT2D eigenvalue weighted by Crippen LogP contribution is 2.21. The largest absolute Gasteiger partial charge is 0.377 e. The Hall–Kier alpha value is -0.120. The minimum absolute atomic E-state index is 0.348. The van der Waals surface area contributed by atoms with Crippen molar-refractivity contribution in [3.05, 3.63) is 0 Å². The average molecular weight is 243 g/mol. The molecule has 0 aromatic rings. The van der Waals surface area contributed by atoms with Crippen LogP contribution in [0.2, 0.25) is 0 Å². The summed E-state index contributed by atoms with van der Waals surface area (Å²) in [5.41, 5.74) is 0. The summed E-state index contributed by atoms with van der Waals surface area (Å²) in [6, 6.07) is 0. The van der Waals surface area contributed by atoms with Gasteiger partial charge in [0.1, 0.15) is 0 Å². The van der Waals surface area contributed by atoms with Crippen LogP contribution in [0, 0.1) is 0 Å². The summed E-state index contributed by atoms with van der Waals surface area (Å²) in [5.74, 6) is 0. The van der Waals surface area contributed by atoms with Crippen molar-refractivity contribution < 1.29 is 9.47 Å². The van der Waals surface area contributed by atoms with E-state index in [2.05, 4.69) is 26.1 Å². The van der Waals surface area contributed by atoms with Gasteiger partial charge < -0.3 is 14.8 Å². The molecule has 2 atom stereocenters. The quantitative estimate of drug-likeness (QED) is 0.665. The predicted octanol–water partition coefficient (Wildman–Crippen LogP) is 2.74. The van der Waals surface area contributed by atoms with Crippen molar-refractivity contribution in [2.45, 2.75) is 71.2 Å². The van der Waals surface area contributed by atoms with E-state index in [9.17, 15) is 0 Å². The second-order valence-electron chi connectivity index (χ2n) is 5.18. The second kappa shape index (κ2) is 8.90. The Bertz CT molecular complexity index is 177. The van der Waals surface area contributed by atoms with Gasteiger partial charge in [-0.3, -0.25) is 0 Å². The normalized spacial score (nSPS) is 29.5. The Balaban J connectivity index is 1.95. The van der Waals surface area contributed by atoms with Crippen LogP contribution in [-0.4, -0.2) is 38.0 Å². The third kappa shape index (κ3) is 7.02. The highest BCUT2D eigenvalue weighted by Gasteiger charge is 2.24. The number of rotatable bonds is 8. The number of unbranched alkanes of at least 4 members (excludes halogenated alkanes) is 2. The van der Waals surface area contributed by atoms with Crippen molar-refractivity contribution in [2.24, 2.45) is 0 Å². The van der Waals surface area contributed by atoms with Crippen molar-refractivity contribution >= 4 is 0 Å². The molecule has 1 fully saturated rings. The SMILES string of the molecule is CCCCCNCCOC1CC(C)OC(C)C1. The molecule has 2 unspecified atom stereocenters. The lowest BCUT2D eigenvalue weighted by Gasteiger charge is -2.32. The summed E-state index contributed by atoms with van der Waals surface area (Å²) in [4.78, 5) is 0. The molecule has 0 spiro atoms. The molecule has 17 heavy (non-hydrogen) atoms. The molecular weight excluding hydrogens is 214 g/mol. The Morgan fingerprint density at radius 3 is 2.47 bits per heavy atom. The molecule has 1 aliphatic rings. The minimum atomic E-state index is 0.348. The van der Waals surface area contributed by atoms with E-state index in [-0.39, 0.29) is 0 Å². The molecule has 1 saturated heterocycles. The third-order valence-corrected chi connectivity index (χ3v) is 3.24. The van der Waals surface area contributed by atoms with E-state index in [1.165, 1.54) is 19.3 Å². The van der Waals surface area contributed by atoms with Crippen molar-refractivity contribution in [1.82, 2.24) is 5.32 Å². The zero-order valence-corrected chi connectivity index (χ0v) is 11.7. The number of ether oxygens (including phenoxy) is 2. The zero-order chi connectivity index (χ0) is 12.5. The van der Waals surface area contributed by atoms with Gasteiger partial charge in [0.2, 0.25) is 0 Å². The van der Waals surface area contributed by atoms with Gasteiger partial charge in [-0.05, 0) is 39.7 Å². The first-order valence-electron chi connectivity index (χ1n) is 7.20. The van der Waals surface area contributed by atoms with Gasteiger partial charge in [0.05, 0.1) is 24.9 Å². The van der Waals surface area contributed by atoms with Crippen LogP contribution in [-0.2, 0) is 9.47 Å².